The molecule has 2 aromatic carbocycles. The zero-order valence-corrected chi connectivity index (χ0v) is 31.4. The van der Waals surface area contributed by atoms with Gasteiger partial charge < -0.3 is 14.9 Å². The van der Waals surface area contributed by atoms with Crippen molar-refractivity contribution in [3.8, 4) is 23.0 Å². The average Bonchev–Trinajstić information content (AvgIpc) is 3.07. The highest BCUT2D eigenvalue weighted by molar-refractivity contribution is 5.51. The Labute approximate surface area is 291 Å². The van der Waals surface area contributed by atoms with Crippen LogP contribution in [0.4, 0.5) is 0 Å². The van der Waals surface area contributed by atoms with Gasteiger partial charge in [-0.1, -0.05) is 156 Å². The van der Waals surface area contributed by atoms with Crippen LogP contribution < -0.4 is 4.74 Å². The van der Waals surface area contributed by atoms with Crippen LogP contribution in [0.2, 0.25) is 0 Å². The SMILES string of the molecule is CCCCCCCCc1cc(Oc2cc(CCCCCCCC)c(O)c(CCCCCCCC)c2)cc(CCCCCCCC)c1O. The summed E-state index contributed by atoms with van der Waals surface area (Å²) < 4.78 is 6.67. The standard InChI is InChI=1S/C44H74O3/c1-5-9-13-17-21-25-29-37-33-41(34-38(43(37)45)30-26-22-18-14-10-6-2)47-42-35-39(31-27-23-19-15-11-7-3)44(46)40(36-42)32-28-24-20-16-12-8-4/h33-36,45-46H,5-32H2,1-4H3. The van der Waals surface area contributed by atoms with E-state index in [4.69, 9.17) is 4.74 Å². The number of unbranched alkanes of at least 4 members (excludes halogenated alkanes) is 20. The Morgan fingerprint density at radius 1 is 0.340 bits per heavy atom. The third-order valence-corrected chi connectivity index (χ3v) is 9.92. The van der Waals surface area contributed by atoms with Gasteiger partial charge in [0.2, 0.25) is 0 Å². The van der Waals surface area contributed by atoms with Crippen LogP contribution >= 0.6 is 0 Å². The lowest BCUT2D eigenvalue weighted by Gasteiger charge is -2.17. The third kappa shape index (κ3) is 17.7. The molecule has 3 nitrogen and oxygen atoms in total. The Hall–Kier alpha value is -2.16. The minimum atomic E-state index is 0.484. The van der Waals surface area contributed by atoms with E-state index < -0.39 is 0 Å². The lowest BCUT2D eigenvalue weighted by Crippen LogP contribution is -1.98. The minimum Gasteiger partial charge on any atom is -0.507 e. The topological polar surface area (TPSA) is 49.7 Å². The fraction of sp³-hybridized carbons (Fsp3) is 0.727. The second-order valence-corrected chi connectivity index (χ2v) is 14.4. The molecule has 0 fully saturated rings. The molecule has 0 bridgehead atoms. The van der Waals surface area contributed by atoms with E-state index in [2.05, 4.69) is 52.0 Å². The Morgan fingerprint density at radius 2 is 0.553 bits per heavy atom. The van der Waals surface area contributed by atoms with Crippen LogP contribution in [-0.4, -0.2) is 10.2 Å². The second-order valence-electron chi connectivity index (χ2n) is 14.4. The monoisotopic (exact) mass is 651 g/mol. The minimum absolute atomic E-state index is 0.484. The zero-order valence-electron chi connectivity index (χ0n) is 31.4. The molecule has 0 radical (unpaired) electrons. The molecule has 0 spiro atoms. The molecule has 0 aliphatic heterocycles. The molecule has 0 saturated carbocycles. The summed E-state index contributed by atoms with van der Waals surface area (Å²) in [5.41, 5.74) is 4.10. The molecule has 47 heavy (non-hydrogen) atoms. The van der Waals surface area contributed by atoms with Gasteiger partial charge in [-0.15, -0.1) is 0 Å². The number of phenols is 2. The molecule has 0 amide bonds. The Kier molecular flexibility index (Phi) is 23.3. The van der Waals surface area contributed by atoms with E-state index >= 15 is 0 Å². The number of hydrogen-bond donors (Lipinski definition) is 2. The molecule has 0 heterocycles. The van der Waals surface area contributed by atoms with Crippen LogP contribution in [0.1, 0.15) is 204 Å². The highest BCUT2D eigenvalue weighted by Gasteiger charge is 2.15. The first kappa shape index (κ1) is 41.0. The fourth-order valence-corrected chi connectivity index (χ4v) is 6.86. The van der Waals surface area contributed by atoms with E-state index in [1.807, 2.05) is 0 Å². The molecule has 0 aliphatic rings. The fourth-order valence-electron chi connectivity index (χ4n) is 6.86. The highest BCUT2D eigenvalue weighted by atomic mass is 16.5. The number of ether oxygens (including phenoxy) is 1. The maximum atomic E-state index is 11.3. The molecule has 0 atom stereocenters. The van der Waals surface area contributed by atoms with Crippen LogP contribution in [0.15, 0.2) is 24.3 Å². The van der Waals surface area contributed by atoms with E-state index in [1.165, 1.54) is 128 Å². The summed E-state index contributed by atoms with van der Waals surface area (Å²) in [6, 6.07) is 8.33. The Balaban J connectivity index is 2.24. The number of phenolic OH excluding ortho intramolecular Hbond substituents is 2. The van der Waals surface area contributed by atoms with Crippen molar-refractivity contribution >= 4 is 0 Å². The van der Waals surface area contributed by atoms with E-state index in [1.54, 1.807) is 0 Å². The number of aromatic hydroxyl groups is 2. The van der Waals surface area contributed by atoms with Gasteiger partial charge in [-0.3, -0.25) is 0 Å². The maximum Gasteiger partial charge on any atom is 0.128 e. The number of hydrogen-bond acceptors (Lipinski definition) is 3. The maximum absolute atomic E-state index is 11.3. The number of benzene rings is 2. The normalized spacial score (nSPS) is 11.4. The lowest BCUT2D eigenvalue weighted by atomic mass is 9.97. The van der Waals surface area contributed by atoms with Crippen molar-refractivity contribution in [2.75, 3.05) is 0 Å². The molecule has 0 unspecified atom stereocenters. The number of aryl methyl sites for hydroxylation is 4. The quantitative estimate of drug-likeness (QED) is 0.0827. The van der Waals surface area contributed by atoms with Gasteiger partial charge in [-0.25, -0.2) is 0 Å². The van der Waals surface area contributed by atoms with Crippen LogP contribution in [0.3, 0.4) is 0 Å². The molecule has 2 rings (SSSR count). The molecule has 0 aromatic heterocycles. The van der Waals surface area contributed by atoms with Crippen LogP contribution in [-0.2, 0) is 25.7 Å². The van der Waals surface area contributed by atoms with Crippen molar-refractivity contribution in [2.24, 2.45) is 0 Å². The highest BCUT2D eigenvalue weighted by Crippen LogP contribution is 2.37. The molecule has 2 aromatic rings. The summed E-state index contributed by atoms with van der Waals surface area (Å²) in [4.78, 5) is 0. The van der Waals surface area contributed by atoms with Gasteiger partial charge in [-0.2, -0.15) is 0 Å². The van der Waals surface area contributed by atoms with Gasteiger partial charge in [0, 0.05) is 0 Å². The van der Waals surface area contributed by atoms with Crippen LogP contribution in [0.25, 0.3) is 0 Å². The Morgan fingerprint density at radius 3 is 0.787 bits per heavy atom. The van der Waals surface area contributed by atoms with Gasteiger partial charge in [0.25, 0.3) is 0 Å². The van der Waals surface area contributed by atoms with Crippen molar-refractivity contribution in [3.63, 3.8) is 0 Å². The second kappa shape index (κ2) is 26.8. The summed E-state index contributed by atoms with van der Waals surface area (Å²) in [5, 5.41) is 22.7. The predicted octanol–water partition coefficient (Wildman–Crippen LogP) is 14.5. The molecule has 0 saturated heterocycles. The summed E-state index contributed by atoms with van der Waals surface area (Å²) in [6.45, 7) is 9.05. The van der Waals surface area contributed by atoms with Crippen molar-refractivity contribution in [3.05, 3.63) is 46.5 Å². The first-order valence-corrected chi connectivity index (χ1v) is 20.4. The third-order valence-electron chi connectivity index (χ3n) is 9.92. The molecule has 3 heteroatoms. The first-order valence-electron chi connectivity index (χ1n) is 20.4. The van der Waals surface area contributed by atoms with Crippen molar-refractivity contribution < 1.29 is 14.9 Å². The predicted molar refractivity (Wildman–Crippen MR) is 205 cm³/mol. The largest absolute Gasteiger partial charge is 0.507 e. The smallest absolute Gasteiger partial charge is 0.128 e. The van der Waals surface area contributed by atoms with Gasteiger partial charge >= 0.3 is 0 Å². The zero-order chi connectivity index (χ0) is 34.0. The van der Waals surface area contributed by atoms with Crippen LogP contribution in [0.5, 0.6) is 23.0 Å². The Bertz CT molecular complexity index is 901. The van der Waals surface area contributed by atoms with Gasteiger partial charge in [0.1, 0.15) is 23.0 Å². The first-order chi connectivity index (χ1) is 23.0. The lowest BCUT2D eigenvalue weighted by molar-refractivity contribution is 0.440. The van der Waals surface area contributed by atoms with Crippen molar-refractivity contribution in [1.82, 2.24) is 0 Å². The van der Waals surface area contributed by atoms with E-state index in [9.17, 15) is 10.2 Å². The summed E-state index contributed by atoms with van der Waals surface area (Å²) in [7, 11) is 0. The molecular weight excluding hydrogens is 576 g/mol. The molecular formula is C44H74O3. The van der Waals surface area contributed by atoms with Gasteiger partial charge in [0.05, 0.1) is 0 Å². The molecule has 268 valence electrons. The summed E-state index contributed by atoms with van der Waals surface area (Å²) in [6.07, 6.45) is 33.4. The van der Waals surface area contributed by atoms with Crippen LogP contribution in [0, 0.1) is 0 Å². The molecule has 2 N–H and O–H groups in total. The van der Waals surface area contributed by atoms with E-state index in [0.29, 0.717) is 11.5 Å². The summed E-state index contributed by atoms with van der Waals surface area (Å²) in [5.74, 6) is 2.62. The van der Waals surface area contributed by atoms with E-state index in [-0.39, 0.29) is 0 Å². The molecule has 0 aliphatic carbocycles. The number of rotatable bonds is 30. The van der Waals surface area contributed by atoms with Gasteiger partial charge in [0.15, 0.2) is 0 Å². The van der Waals surface area contributed by atoms with Gasteiger partial charge in [-0.05, 0) is 97.9 Å². The average molecular weight is 651 g/mol. The summed E-state index contributed by atoms with van der Waals surface area (Å²) >= 11 is 0. The van der Waals surface area contributed by atoms with Crippen molar-refractivity contribution in [1.29, 1.82) is 0 Å². The van der Waals surface area contributed by atoms with E-state index in [0.717, 1.165) is 85.1 Å². The van der Waals surface area contributed by atoms with Crippen molar-refractivity contribution in [2.45, 2.75) is 207 Å².